The van der Waals surface area contributed by atoms with E-state index in [-0.39, 0.29) is 12.4 Å². The summed E-state index contributed by atoms with van der Waals surface area (Å²) in [6.07, 6.45) is 0.904. The van der Waals surface area contributed by atoms with Gasteiger partial charge in [-0.05, 0) is 31.0 Å². The summed E-state index contributed by atoms with van der Waals surface area (Å²) in [6.45, 7) is 3.50. The predicted molar refractivity (Wildman–Crippen MR) is 105 cm³/mol. The Balaban J connectivity index is 1.61. The molecule has 0 amide bonds. The first-order chi connectivity index (χ1) is 13.6. The molecular weight excluding hydrogens is 376 g/mol. The molecule has 0 fully saturated rings. The molecule has 0 saturated carbocycles. The summed E-state index contributed by atoms with van der Waals surface area (Å²) >= 11 is 1.39. The molecule has 0 unspecified atom stereocenters. The summed E-state index contributed by atoms with van der Waals surface area (Å²) in [5.41, 5.74) is 2.08. The average Bonchev–Trinajstić information content (AvgIpc) is 3.15. The van der Waals surface area contributed by atoms with E-state index < -0.39 is 5.97 Å². The van der Waals surface area contributed by atoms with Gasteiger partial charge in [-0.25, -0.2) is 4.79 Å². The van der Waals surface area contributed by atoms with E-state index in [1.165, 1.54) is 11.8 Å². The highest BCUT2D eigenvalue weighted by Gasteiger charge is 2.16. The fourth-order valence-corrected chi connectivity index (χ4v) is 3.40. The lowest BCUT2D eigenvalue weighted by Crippen LogP contribution is -2.15. The second-order valence-electron chi connectivity index (χ2n) is 6.07. The van der Waals surface area contributed by atoms with E-state index in [1.54, 1.807) is 31.2 Å². The van der Waals surface area contributed by atoms with E-state index >= 15 is 0 Å². The fraction of sp³-hybridized carbons (Fsp3) is 0.238. The number of aromatic nitrogens is 2. The summed E-state index contributed by atoms with van der Waals surface area (Å²) < 4.78 is 10.3. The summed E-state index contributed by atoms with van der Waals surface area (Å²) in [5.74, 6) is 0.712. The molecule has 1 heterocycles. The quantitative estimate of drug-likeness (QED) is 0.319. The number of Topliss-reactive ketones (excluding diaryl/α,β-unsaturated/α-hetero) is 1. The van der Waals surface area contributed by atoms with E-state index in [0.29, 0.717) is 28.6 Å². The lowest BCUT2D eigenvalue weighted by atomic mass is 10.1. The van der Waals surface area contributed by atoms with Crippen LogP contribution in [0, 0.1) is 6.92 Å². The Morgan fingerprint density at radius 2 is 1.86 bits per heavy atom. The van der Waals surface area contributed by atoms with Crippen molar-refractivity contribution in [2.75, 3.05) is 6.61 Å². The highest BCUT2D eigenvalue weighted by molar-refractivity contribution is 7.98. The van der Waals surface area contributed by atoms with E-state index in [2.05, 4.69) is 10.1 Å². The Morgan fingerprint density at radius 1 is 1.11 bits per heavy atom. The number of aryl methyl sites for hydroxylation is 2. The lowest BCUT2D eigenvalue weighted by molar-refractivity contribution is 0.0471. The van der Waals surface area contributed by atoms with Crippen molar-refractivity contribution in [1.82, 2.24) is 10.1 Å². The maximum Gasteiger partial charge on any atom is 0.339 e. The highest BCUT2D eigenvalue weighted by Crippen LogP contribution is 2.26. The molecule has 0 aliphatic carbocycles. The molecular formula is C21H20N2O4S. The van der Waals surface area contributed by atoms with Gasteiger partial charge in [-0.1, -0.05) is 48.5 Å². The minimum absolute atomic E-state index is 0.234. The lowest BCUT2D eigenvalue weighted by Gasteiger charge is -2.08. The van der Waals surface area contributed by atoms with E-state index in [9.17, 15) is 9.59 Å². The average molecular weight is 396 g/mol. The molecule has 6 nitrogen and oxygen atoms in total. The first-order valence-electron chi connectivity index (χ1n) is 8.87. The van der Waals surface area contributed by atoms with Gasteiger partial charge in [0.05, 0.1) is 11.3 Å². The highest BCUT2D eigenvalue weighted by atomic mass is 32.2. The minimum atomic E-state index is -0.539. The van der Waals surface area contributed by atoms with Crippen LogP contribution in [-0.2, 0) is 16.9 Å². The van der Waals surface area contributed by atoms with Crippen molar-refractivity contribution in [2.24, 2.45) is 0 Å². The van der Waals surface area contributed by atoms with Gasteiger partial charge in [-0.2, -0.15) is 4.98 Å². The maximum atomic E-state index is 12.5. The van der Waals surface area contributed by atoms with Crippen LogP contribution in [0.2, 0.25) is 0 Å². The number of ether oxygens (including phenoxy) is 1. The molecule has 0 aliphatic heterocycles. The summed E-state index contributed by atoms with van der Waals surface area (Å²) in [6, 6.07) is 14.4. The van der Waals surface area contributed by atoms with Crippen LogP contribution in [0.1, 0.15) is 44.9 Å². The van der Waals surface area contributed by atoms with Crippen molar-refractivity contribution in [3.63, 3.8) is 0 Å². The number of rotatable bonds is 8. The zero-order valence-electron chi connectivity index (χ0n) is 15.7. The summed E-state index contributed by atoms with van der Waals surface area (Å²) in [7, 11) is 0. The fourth-order valence-electron chi connectivity index (χ4n) is 2.52. The largest absolute Gasteiger partial charge is 0.454 e. The van der Waals surface area contributed by atoms with Gasteiger partial charge in [0.15, 0.2) is 18.2 Å². The maximum absolute atomic E-state index is 12.5. The zero-order chi connectivity index (χ0) is 19.9. The number of ketones is 1. The van der Waals surface area contributed by atoms with Gasteiger partial charge in [0.2, 0.25) is 5.89 Å². The first-order valence-corrected chi connectivity index (χ1v) is 9.85. The second kappa shape index (κ2) is 9.32. The Bertz CT molecular complexity index is 967. The standard InChI is InChI=1S/C21H20N2O4S/c1-3-15-8-10-16(11-9-15)18(24)12-26-21(25)17-6-4-5-7-19(17)28-13-20-22-14(2)23-27-20/h4-11H,3,12-13H2,1-2H3. The van der Waals surface area contributed by atoms with Crippen molar-refractivity contribution in [1.29, 1.82) is 0 Å². The van der Waals surface area contributed by atoms with E-state index in [1.807, 2.05) is 31.2 Å². The molecule has 0 saturated heterocycles. The zero-order valence-corrected chi connectivity index (χ0v) is 16.5. The Kier molecular flexibility index (Phi) is 6.60. The van der Waals surface area contributed by atoms with Gasteiger partial charge in [0, 0.05) is 10.5 Å². The van der Waals surface area contributed by atoms with Gasteiger partial charge < -0.3 is 9.26 Å². The van der Waals surface area contributed by atoms with Crippen LogP contribution in [-0.4, -0.2) is 28.5 Å². The number of carbonyl (C=O) groups excluding carboxylic acids is 2. The molecule has 2 aromatic carbocycles. The number of hydrogen-bond acceptors (Lipinski definition) is 7. The Morgan fingerprint density at radius 3 is 2.54 bits per heavy atom. The molecule has 3 rings (SSSR count). The smallest absolute Gasteiger partial charge is 0.339 e. The molecule has 0 atom stereocenters. The van der Waals surface area contributed by atoms with Crippen LogP contribution in [0.3, 0.4) is 0 Å². The SMILES string of the molecule is CCc1ccc(C(=O)COC(=O)c2ccccc2SCc2nc(C)no2)cc1. The number of esters is 1. The number of benzene rings is 2. The monoisotopic (exact) mass is 396 g/mol. The molecule has 0 spiro atoms. The molecule has 144 valence electrons. The van der Waals surface area contributed by atoms with E-state index in [0.717, 1.165) is 16.9 Å². The van der Waals surface area contributed by atoms with Crippen LogP contribution in [0.15, 0.2) is 57.9 Å². The van der Waals surface area contributed by atoms with Crippen LogP contribution >= 0.6 is 11.8 Å². The number of hydrogen-bond donors (Lipinski definition) is 0. The molecule has 0 radical (unpaired) electrons. The van der Waals surface area contributed by atoms with E-state index in [4.69, 9.17) is 9.26 Å². The molecule has 1 aromatic heterocycles. The third-order valence-corrected chi connectivity index (χ3v) is 5.10. The Labute approximate surface area is 167 Å². The number of thioether (sulfide) groups is 1. The van der Waals surface area contributed by atoms with Crippen molar-refractivity contribution in [3.8, 4) is 0 Å². The van der Waals surface area contributed by atoms with Gasteiger partial charge >= 0.3 is 5.97 Å². The molecule has 0 aliphatic rings. The molecule has 3 aromatic rings. The van der Waals surface area contributed by atoms with Crippen LogP contribution in [0.5, 0.6) is 0 Å². The Hall–Kier alpha value is -2.93. The van der Waals surface area contributed by atoms with Crippen LogP contribution in [0.4, 0.5) is 0 Å². The normalized spacial score (nSPS) is 10.6. The number of carbonyl (C=O) groups is 2. The van der Waals surface area contributed by atoms with Crippen molar-refractivity contribution in [2.45, 2.75) is 30.9 Å². The van der Waals surface area contributed by atoms with Crippen molar-refractivity contribution < 1.29 is 18.8 Å². The minimum Gasteiger partial charge on any atom is -0.454 e. The van der Waals surface area contributed by atoms with Gasteiger partial charge in [0.1, 0.15) is 0 Å². The van der Waals surface area contributed by atoms with Gasteiger partial charge in [-0.3, -0.25) is 4.79 Å². The van der Waals surface area contributed by atoms with Crippen molar-refractivity contribution >= 4 is 23.5 Å². The molecule has 0 bridgehead atoms. The van der Waals surface area contributed by atoms with Gasteiger partial charge in [0.25, 0.3) is 0 Å². The summed E-state index contributed by atoms with van der Waals surface area (Å²) in [5, 5.41) is 3.75. The topological polar surface area (TPSA) is 82.3 Å². The molecule has 28 heavy (non-hydrogen) atoms. The molecule has 0 N–H and O–H groups in total. The second-order valence-corrected chi connectivity index (χ2v) is 7.09. The number of nitrogens with zero attached hydrogens (tertiary/aromatic N) is 2. The third-order valence-electron chi connectivity index (χ3n) is 4.05. The van der Waals surface area contributed by atoms with Gasteiger partial charge in [-0.15, -0.1) is 11.8 Å². The third kappa shape index (κ3) is 5.07. The first kappa shape index (κ1) is 19.8. The van der Waals surface area contributed by atoms with Crippen LogP contribution < -0.4 is 0 Å². The molecule has 7 heteroatoms. The predicted octanol–water partition coefficient (Wildman–Crippen LogP) is 4.27. The van der Waals surface area contributed by atoms with Crippen LogP contribution in [0.25, 0.3) is 0 Å². The van der Waals surface area contributed by atoms with Crippen molar-refractivity contribution in [3.05, 3.63) is 76.9 Å². The summed E-state index contributed by atoms with van der Waals surface area (Å²) in [4.78, 5) is 29.6.